The average Bonchev–Trinajstić information content (AvgIpc) is 2.86. The van der Waals surface area contributed by atoms with Crippen molar-refractivity contribution in [2.75, 3.05) is 7.05 Å². The minimum atomic E-state index is -0.286. The first-order chi connectivity index (χ1) is 10.6. The minimum Gasteiger partial charge on any atom is -0.451 e. The van der Waals surface area contributed by atoms with Gasteiger partial charge in [-0.1, -0.05) is 30.3 Å². The molecule has 1 heterocycles. The van der Waals surface area contributed by atoms with Gasteiger partial charge in [-0.25, -0.2) is 4.39 Å². The summed E-state index contributed by atoms with van der Waals surface area (Å²) in [6, 6.07) is 13.7. The lowest BCUT2D eigenvalue weighted by atomic mass is 10.1. The Kier molecular flexibility index (Phi) is 3.67. The molecular weight excluding hydrogens is 281 g/mol. The maximum Gasteiger partial charge on any atom is 0.289 e. The van der Waals surface area contributed by atoms with E-state index >= 15 is 0 Å². The van der Waals surface area contributed by atoms with Gasteiger partial charge in [-0.05, 0) is 30.7 Å². The molecule has 22 heavy (non-hydrogen) atoms. The van der Waals surface area contributed by atoms with E-state index < -0.39 is 0 Å². The first-order valence-electron chi connectivity index (χ1n) is 7.04. The second-order valence-corrected chi connectivity index (χ2v) is 5.34. The van der Waals surface area contributed by atoms with Gasteiger partial charge in [0.15, 0.2) is 5.76 Å². The summed E-state index contributed by atoms with van der Waals surface area (Å²) in [5.41, 5.74) is 2.41. The van der Waals surface area contributed by atoms with Crippen LogP contribution in [0.2, 0.25) is 0 Å². The third-order valence-corrected chi connectivity index (χ3v) is 3.72. The summed E-state index contributed by atoms with van der Waals surface area (Å²) < 4.78 is 18.6. The maximum atomic E-state index is 12.9. The molecule has 3 rings (SSSR count). The van der Waals surface area contributed by atoms with Gasteiger partial charge in [0, 0.05) is 24.5 Å². The van der Waals surface area contributed by atoms with Crippen LogP contribution < -0.4 is 0 Å². The van der Waals surface area contributed by atoms with Gasteiger partial charge >= 0.3 is 0 Å². The molecule has 3 aromatic rings. The zero-order chi connectivity index (χ0) is 15.7. The van der Waals surface area contributed by atoms with Crippen LogP contribution in [0.5, 0.6) is 0 Å². The molecule has 0 aliphatic carbocycles. The molecule has 112 valence electrons. The van der Waals surface area contributed by atoms with Gasteiger partial charge in [0.2, 0.25) is 0 Å². The molecule has 4 heteroatoms. The standard InChI is InChI=1S/C18H16FNO2/c1-12-15-5-3-4-6-16(15)22-17(12)18(21)20(2)11-13-7-9-14(19)10-8-13/h3-10H,11H2,1-2H3. The topological polar surface area (TPSA) is 33.5 Å². The van der Waals surface area contributed by atoms with E-state index in [1.807, 2.05) is 31.2 Å². The summed E-state index contributed by atoms with van der Waals surface area (Å²) in [4.78, 5) is 14.1. The fourth-order valence-electron chi connectivity index (χ4n) is 2.49. The smallest absolute Gasteiger partial charge is 0.289 e. The predicted octanol–water partition coefficient (Wildman–Crippen LogP) is 4.15. The highest BCUT2D eigenvalue weighted by atomic mass is 19.1. The highest BCUT2D eigenvalue weighted by Gasteiger charge is 2.20. The summed E-state index contributed by atoms with van der Waals surface area (Å²) in [5, 5.41) is 0.945. The van der Waals surface area contributed by atoms with Gasteiger partial charge < -0.3 is 9.32 Å². The number of halogens is 1. The quantitative estimate of drug-likeness (QED) is 0.727. The van der Waals surface area contributed by atoms with Crippen molar-refractivity contribution in [3.63, 3.8) is 0 Å². The van der Waals surface area contributed by atoms with Gasteiger partial charge in [-0.3, -0.25) is 4.79 Å². The molecule has 0 aliphatic heterocycles. The molecule has 0 radical (unpaired) electrons. The van der Waals surface area contributed by atoms with E-state index in [0.29, 0.717) is 17.9 Å². The number of carbonyl (C=O) groups is 1. The lowest BCUT2D eigenvalue weighted by Crippen LogP contribution is -2.26. The normalized spacial score (nSPS) is 10.9. The summed E-state index contributed by atoms with van der Waals surface area (Å²) >= 11 is 0. The Balaban J connectivity index is 1.85. The Morgan fingerprint density at radius 1 is 1.14 bits per heavy atom. The average molecular weight is 297 g/mol. The molecule has 0 unspecified atom stereocenters. The minimum absolute atomic E-state index is 0.182. The number of para-hydroxylation sites is 1. The van der Waals surface area contributed by atoms with Crippen molar-refractivity contribution in [2.24, 2.45) is 0 Å². The molecule has 0 bridgehead atoms. The number of hydrogen-bond acceptors (Lipinski definition) is 2. The van der Waals surface area contributed by atoms with Crippen LogP contribution in [0.1, 0.15) is 21.7 Å². The molecule has 3 nitrogen and oxygen atoms in total. The number of amides is 1. The molecule has 0 saturated carbocycles. The summed E-state index contributed by atoms with van der Waals surface area (Å²) in [6.45, 7) is 2.28. The van der Waals surface area contributed by atoms with E-state index in [-0.39, 0.29) is 11.7 Å². The van der Waals surface area contributed by atoms with E-state index in [0.717, 1.165) is 16.5 Å². The van der Waals surface area contributed by atoms with Crippen LogP contribution in [0, 0.1) is 12.7 Å². The Morgan fingerprint density at radius 2 is 1.82 bits per heavy atom. The van der Waals surface area contributed by atoms with Crippen LogP contribution in [0.3, 0.4) is 0 Å². The number of nitrogens with zero attached hydrogens (tertiary/aromatic N) is 1. The summed E-state index contributed by atoms with van der Waals surface area (Å²) in [6.07, 6.45) is 0. The molecule has 1 aromatic heterocycles. The van der Waals surface area contributed by atoms with Gasteiger partial charge in [-0.15, -0.1) is 0 Å². The van der Waals surface area contributed by atoms with Crippen molar-refractivity contribution in [3.05, 3.63) is 71.2 Å². The van der Waals surface area contributed by atoms with Crippen LogP contribution in [0.15, 0.2) is 52.9 Å². The second-order valence-electron chi connectivity index (χ2n) is 5.34. The predicted molar refractivity (Wildman–Crippen MR) is 83.1 cm³/mol. The van der Waals surface area contributed by atoms with Crippen LogP contribution in [-0.4, -0.2) is 17.9 Å². The third-order valence-electron chi connectivity index (χ3n) is 3.72. The fourth-order valence-corrected chi connectivity index (χ4v) is 2.49. The fraction of sp³-hybridized carbons (Fsp3) is 0.167. The monoisotopic (exact) mass is 297 g/mol. The van der Waals surface area contributed by atoms with E-state index in [2.05, 4.69) is 0 Å². The molecule has 0 spiro atoms. The van der Waals surface area contributed by atoms with Crippen molar-refractivity contribution in [3.8, 4) is 0 Å². The molecule has 0 N–H and O–H groups in total. The van der Waals surface area contributed by atoms with Gasteiger partial charge in [-0.2, -0.15) is 0 Å². The number of carbonyl (C=O) groups excluding carboxylic acids is 1. The Morgan fingerprint density at radius 3 is 2.50 bits per heavy atom. The van der Waals surface area contributed by atoms with Crippen molar-refractivity contribution >= 4 is 16.9 Å². The number of rotatable bonds is 3. The summed E-state index contributed by atoms with van der Waals surface area (Å²) in [5.74, 6) is -0.116. The zero-order valence-electron chi connectivity index (χ0n) is 12.5. The van der Waals surface area contributed by atoms with Gasteiger partial charge in [0.05, 0.1) is 0 Å². The maximum absolute atomic E-state index is 12.9. The molecule has 0 fully saturated rings. The number of benzene rings is 2. The lowest BCUT2D eigenvalue weighted by Gasteiger charge is -2.16. The number of fused-ring (bicyclic) bond motifs is 1. The van der Waals surface area contributed by atoms with E-state index in [1.165, 1.54) is 12.1 Å². The van der Waals surface area contributed by atoms with Gasteiger partial charge in [0.1, 0.15) is 11.4 Å². The third kappa shape index (κ3) is 2.60. The van der Waals surface area contributed by atoms with E-state index in [1.54, 1.807) is 24.1 Å². The van der Waals surface area contributed by atoms with Crippen LogP contribution in [0.4, 0.5) is 4.39 Å². The van der Waals surface area contributed by atoms with Gasteiger partial charge in [0.25, 0.3) is 5.91 Å². The van der Waals surface area contributed by atoms with Crippen molar-refractivity contribution in [2.45, 2.75) is 13.5 Å². The molecule has 1 amide bonds. The van der Waals surface area contributed by atoms with Crippen molar-refractivity contribution < 1.29 is 13.6 Å². The lowest BCUT2D eigenvalue weighted by molar-refractivity contribution is 0.0755. The zero-order valence-corrected chi connectivity index (χ0v) is 12.5. The number of aryl methyl sites for hydroxylation is 1. The molecule has 0 atom stereocenters. The van der Waals surface area contributed by atoms with Crippen molar-refractivity contribution in [1.82, 2.24) is 4.90 Å². The summed E-state index contributed by atoms with van der Waals surface area (Å²) in [7, 11) is 1.71. The Hall–Kier alpha value is -2.62. The van der Waals surface area contributed by atoms with Crippen LogP contribution in [0.25, 0.3) is 11.0 Å². The molecule has 2 aromatic carbocycles. The largest absolute Gasteiger partial charge is 0.451 e. The van der Waals surface area contributed by atoms with Crippen LogP contribution in [-0.2, 0) is 6.54 Å². The Labute approximate surface area is 128 Å². The van der Waals surface area contributed by atoms with Crippen LogP contribution >= 0.6 is 0 Å². The van der Waals surface area contributed by atoms with E-state index in [4.69, 9.17) is 4.42 Å². The highest BCUT2D eigenvalue weighted by molar-refractivity contribution is 5.98. The molecular formula is C18H16FNO2. The second kappa shape index (κ2) is 5.64. The highest BCUT2D eigenvalue weighted by Crippen LogP contribution is 2.26. The molecule has 0 aliphatic rings. The first-order valence-corrected chi connectivity index (χ1v) is 7.04. The van der Waals surface area contributed by atoms with Crippen molar-refractivity contribution in [1.29, 1.82) is 0 Å². The molecule has 0 saturated heterocycles. The Bertz CT molecular complexity index is 821. The SMILES string of the molecule is Cc1c(C(=O)N(C)Cc2ccc(F)cc2)oc2ccccc12. The van der Waals surface area contributed by atoms with E-state index in [9.17, 15) is 9.18 Å². The number of hydrogen-bond donors (Lipinski definition) is 0. The number of furan rings is 1. The first kappa shape index (κ1) is 14.3.